The topological polar surface area (TPSA) is 29.3 Å². The van der Waals surface area contributed by atoms with Crippen LogP contribution < -0.4 is 5.73 Å². The second-order valence-corrected chi connectivity index (χ2v) is 6.48. The van der Waals surface area contributed by atoms with Gasteiger partial charge in [-0.2, -0.15) is 0 Å². The normalized spacial score (nSPS) is 27.7. The Labute approximate surface area is 118 Å². The summed E-state index contributed by atoms with van der Waals surface area (Å²) < 4.78 is 0. The number of nitrogens with zero attached hydrogens (tertiary/aromatic N) is 1. The molecule has 0 spiro atoms. The van der Waals surface area contributed by atoms with Crippen molar-refractivity contribution in [2.24, 2.45) is 11.7 Å². The van der Waals surface area contributed by atoms with E-state index in [0.717, 1.165) is 19.0 Å². The maximum absolute atomic E-state index is 6.14. The van der Waals surface area contributed by atoms with Gasteiger partial charge in [0.2, 0.25) is 0 Å². The molecule has 106 valence electrons. The molecule has 2 atom stereocenters. The molecule has 0 amide bonds. The van der Waals surface area contributed by atoms with Crippen molar-refractivity contribution in [1.29, 1.82) is 0 Å². The van der Waals surface area contributed by atoms with Gasteiger partial charge in [-0.25, -0.2) is 0 Å². The van der Waals surface area contributed by atoms with Gasteiger partial charge in [0.05, 0.1) is 0 Å². The van der Waals surface area contributed by atoms with Crippen molar-refractivity contribution in [3.8, 4) is 0 Å². The molecule has 2 rings (SSSR count). The van der Waals surface area contributed by atoms with Gasteiger partial charge in [-0.15, -0.1) is 0 Å². The number of aryl methyl sites for hydroxylation is 1. The highest BCUT2D eigenvalue weighted by Crippen LogP contribution is 2.36. The lowest BCUT2D eigenvalue weighted by Crippen LogP contribution is -2.54. The van der Waals surface area contributed by atoms with Crippen molar-refractivity contribution in [2.45, 2.75) is 51.6 Å². The van der Waals surface area contributed by atoms with Crippen LogP contribution in [-0.4, -0.2) is 24.0 Å². The first kappa shape index (κ1) is 14.5. The summed E-state index contributed by atoms with van der Waals surface area (Å²) in [5.41, 5.74) is 9.09. The second kappa shape index (κ2) is 6.06. The van der Waals surface area contributed by atoms with E-state index >= 15 is 0 Å². The zero-order valence-corrected chi connectivity index (χ0v) is 12.7. The van der Waals surface area contributed by atoms with E-state index in [1.54, 1.807) is 0 Å². The molecular formula is C17H28N2. The van der Waals surface area contributed by atoms with Crippen LogP contribution in [0, 0.1) is 12.8 Å². The van der Waals surface area contributed by atoms with Crippen LogP contribution in [0.3, 0.4) is 0 Å². The Bertz CT molecular complexity index is 415. The molecule has 0 saturated heterocycles. The van der Waals surface area contributed by atoms with E-state index in [1.165, 1.54) is 36.8 Å². The van der Waals surface area contributed by atoms with Crippen LogP contribution in [0.2, 0.25) is 0 Å². The molecule has 1 aliphatic carbocycles. The van der Waals surface area contributed by atoms with E-state index in [1.807, 2.05) is 0 Å². The third-order valence-electron chi connectivity index (χ3n) is 4.76. The standard InChI is InChI=1S/C17H28N2/c1-14-6-4-8-16(10-14)12-19(3)17(13-18)9-5-7-15(2)11-17/h4,6,8,10,15H,5,7,9,11-13,18H2,1-3H3. The van der Waals surface area contributed by atoms with Crippen molar-refractivity contribution in [3.05, 3.63) is 35.4 Å². The summed E-state index contributed by atoms with van der Waals surface area (Å²) in [6.45, 7) is 6.31. The smallest absolute Gasteiger partial charge is 0.0334 e. The molecule has 1 fully saturated rings. The lowest BCUT2D eigenvalue weighted by atomic mass is 9.75. The quantitative estimate of drug-likeness (QED) is 0.899. The first-order chi connectivity index (χ1) is 9.05. The Hall–Kier alpha value is -0.860. The Morgan fingerprint density at radius 1 is 1.42 bits per heavy atom. The Kier molecular flexibility index (Phi) is 4.64. The van der Waals surface area contributed by atoms with Crippen molar-refractivity contribution >= 4 is 0 Å². The predicted molar refractivity (Wildman–Crippen MR) is 82.1 cm³/mol. The average molecular weight is 260 g/mol. The minimum atomic E-state index is 0.210. The van der Waals surface area contributed by atoms with E-state index in [4.69, 9.17) is 5.73 Å². The highest BCUT2D eigenvalue weighted by molar-refractivity contribution is 5.22. The van der Waals surface area contributed by atoms with Crippen molar-refractivity contribution in [1.82, 2.24) is 4.90 Å². The zero-order valence-electron chi connectivity index (χ0n) is 12.7. The Morgan fingerprint density at radius 2 is 2.21 bits per heavy atom. The van der Waals surface area contributed by atoms with Gasteiger partial charge in [-0.05, 0) is 38.3 Å². The van der Waals surface area contributed by atoms with Gasteiger partial charge in [0, 0.05) is 18.6 Å². The molecule has 0 aromatic heterocycles. The monoisotopic (exact) mass is 260 g/mol. The highest BCUT2D eigenvalue weighted by Gasteiger charge is 2.37. The molecule has 1 aliphatic rings. The van der Waals surface area contributed by atoms with Gasteiger partial charge in [0.15, 0.2) is 0 Å². The minimum Gasteiger partial charge on any atom is -0.329 e. The molecule has 0 aliphatic heterocycles. The van der Waals surface area contributed by atoms with Crippen molar-refractivity contribution in [3.63, 3.8) is 0 Å². The number of hydrogen-bond acceptors (Lipinski definition) is 2. The van der Waals surface area contributed by atoms with E-state index in [9.17, 15) is 0 Å². The molecule has 1 aromatic carbocycles. The third kappa shape index (κ3) is 3.37. The number of nitrogens with two attached hydrogens (primary N) is 1. The summed E-state index contributed by atoms with van der Waals surface area (Å²) in [5, 5.41) is 0. The SMILES string of the molecule is Cc1cccc(CN(C)C2(CN)CCCC(C)C2)c1. The largest absolute Gasteiger partial charge is 0.329 e. The fraction of sp³-hybridized carbons (Fsp3) is 0.647. The third-order valence-corrected chi connectivity index (χ3v) is 4.76. The molecule has 2 unspecified atom stereocenters. The number of hydrogen-bond donors (Lipinski definition) is 1. The maximum atomic E-state index is 6.14. The Morgan fingerprint density at radius 3 is 2.84 bits per heavy atom. The molecule has 1 aromatic rings. The summed E-state index contributed by atoms with van der Waals surface area (Å²) >= 11 is 0. The van der Waals surface area contributed by atoms with Crippen molar-refractivity contribution < 1.29 is 0 Å². The van der Waals surface area contributed by atoms with E-state index in [2.05, 4.69) is 50.1 Å². The van der Waals surface area contributed by atoms with Crippen LogP contribution in [0.5, 0.6) is 0 Å². The maximum Gasteiger partial charge on any atom is 0.0334 e. The fourth-order valence-corrected chi connectivity index (χ4v) is 3.57. The van der Waals surface area contributed by atoms with Gasteiger partial charge < -0.3 is 5.73 Å². The molecule has 0 heterocycles. The van der Waals surface area contributed by atoms with Gasteiger partial charge in [-0.1, -0.05) is 49.6 Å². The predicted octanol–water partition coefficient (Wildman–Crippen LogP) is 3.33. The van der Waals surface area contributed by atoms with Gasteiger partial charge in [0.1, 0.15) is 0 Å². The molecule has 2 nitrogen and oxygen atoms in total. The summed E-state index contributed by atoms with van der Waals surface area (Å²) in [6.07, 6.45) is 5.17. The zero-order chi connectivity index (χ0) is 13.9. The molecule has 1 saturated carbocycles. The Balaban J connectivity index is 2.10. The average Bonchev–Trinajstić information content (AvgIpc) is 2.38. The molecule has 0 radical (unpaired) electrons. The van der Waals surface area contributed by atoms with Gasteiger partial charge in [0.25, 0.3) is 0 Å². The number of rotatable bonds is 4. The van der Waals surface area contributed by atoms with Crippen molar-refractivity contribution in [2.75, 3.05) is 13.6 Å². The number of likely N-dealkylation sites (N-methyl/N-ethyl adjacent to an activating group) is 1. The van der Waals surface area contributed by atoms with Crippen LogP contribution in [-0.2, 0) is 6.54 Å². The van der Waals surface area contributed by atoms with E-state index in [-0.39, 0.29) is 5.54 Å². The molecule has 2 N–H and O–H groups in total. The number of benzene rings is 1. The summed E-state index contributed by atoms with van der Waals surface area (Å²) in [4.78, 5) is 2.50. The highest BCUT2D eigenvalue weighted by atomic mass is 15.2. The van der Waals surface area contributed by atoms with E-state index < -0.39 is 0 Å². The molecule has 2 heteroatoms. The fourth-order valence-electron chi connectivity index (χ4n) is 3.57. The summed E-state index contributed by atoms with van der Waals surface area (Å²) in [7, 11) is 2.24. The van der Waals surface area contributed by atoms with Gasteiger partial charge in [-0.3, -0.25) is 4.90 Å². The molecular weight excluding hydrogens is 232 g/mol. The van der Waals surface area contributed by atoms with Crippen LogP contribution in [0.25, 0.3) is 0 Å². The second-order valence-electron chi connectivity index (χ2n) is 6.48. The van der Waals surface area contributed by atoms with Crippen LogP contribution >= 0.6 is 0 Å². The van der Waals surface area contributed by atoms with Crippen LogP contribution in [0.15, 0.2) is 24.3 Å². The van der Waals surface area contributed by atoms with Crippen LogP contribution in [0.1, 0.15) is 43.7 Å². The minimum absolute atomic E-state index is 0.210. The lowest BCUT2D eigenvalue weighted by Gasteiger charge is -2.46. The summed E-state index contributed by atoms with van der Waals surface area (Å²) in [5.74, 6) is 0.803. The summed E-state index contributed by atoms with van der Waals surface area (Å²) in [6, 6.07) is 8.81. The van der Waals surface area contributed by atoms with E-state index in [0.29, 0.717) is 0 Å². The first-order valence-electron chi connectivity index (χ1n) is 7.52. The first-order valence-corrected chi connectivity index (χ1v) is 7.52. The molecule has 0 bridgehead atoms. The van der Waals surface area contributed by atoms with Crippen LogP contribution in [0.4, 0.5) is 0 Å². The lowest BCUT2D eigenvalue weighted by molar-refractivity contribution is 0.0554. The van der Waals surface area contributed by atoms with Gasteiger partial charge >= 0.3 is 0 Å². The molecule has 19 heavy (non-hydrogen) atoms.